The highest BCUT2D eigenvalue weighted by molar-refractivity contribution is 5.68. The number of hydrogen-bond donors (Lipinski definition) is 2. The molecule has 2 N–H and O–H groups in total. The first-order chi connectivity index (χ1) is 12.7. The van der Waals surface area contributed by atoms with E-state index in [1.54, 1.807) is 17.6 Å². The Hall–Kier alpha value is -3.56. The van der Waals surface area contributed by atoms with E-state index < -0.39 is 0 Å². The quantitative estimate of drug-likeness (QED) is 0.500. The molecule has 0 saturated heterocycles. The average Bonchev–Trinajstić information content (AvgIpc) is 3.27. The monoisotopic (exact) mass is 351 g/mol. The van der Waals surface area contributed by atoms with E-state index in [1.807, 2.05) is 25.1 Å². The van der Waals surface area contributed by atoms with Gasteiger partial charge in [0.05, 0.1) is 5.56 Å². The maximum absolute atomic E-state index is 5.24. The minimum Gasteiger partial charge on any atom is -0.368 e. The van der Waals surface area contributed by atoms with Crippen LogP contribution in [0.2, 0.25) is 0 Å². The molecule has 4 aromatic heterocycles. The number of nitrogens with zero attached hydrogens (tertiary/aromatic N) is 7. The normalized spacial score (nSPS) is 11.0. The van der Waals surface area contributed by atoms with E-state index in [9.17, 15) is 0 Å². The summed E-state index contributed by atoms with van der Waals surface area (Å²) in [7, 11) is 0. The fourth-order valence-electron chi connectivity index (χ4n) is 2.55. The Morgan fingerprint density at radius 1 is 1.12 bits per heavy atom. The van der Waals surface area contributed by atoms with Gasteiger partial charge in [0.2, 0.25) is 0 Å². The van der Waals surface area contributed by atoms with Crippen molar-refractivity contribution >= 4 is 17.4 Å². The Labute approximate surface area is 148 Å². The van der Waals surface area contributed by atoms with E-state index in [2.05, 4.69) is 40.8 Å². The molecule has 0 radical (unpaired) electrons. The average molecular weight is 351 g/mol. The molecular weight excluding hydrogens is 334 g/mol. The van der Waals surface area contributed by atoms with Crippen LogP contribution < -0.4 is 10.6 Å². The van der Waals surface area contributed by atoms with Crippen molar-refractivity contribution in [1.29, 1.82) is 0 Å². The number of anilines is 2. The van der Waals surface area contributed by atoms with Crippen LogP contribution in [0.3, 0.4) is 0 Å². The second-order valence-corrected chi connectivity index (χ2v) is 5.65. The SMILES string of the molecule is Cc1cc(NCCNc2ncccc2-c2nc(C)no2)n2ncnc2n1. The molecule has 132 valence electrons. The molecule has 0 bridgehead atoms. The Bertz CT molecular complexity index is 1040. The van der Waals surface area contributed by atoms with Crippen molar-refractivity contribution < 1.29 is 4.52 Å². The second kappa shape index (κ2) is 6.75. The van der Waals surface area contributed by atoms with Gasteiger partial charge >= 0.3 is 0 Å². The molecule has 4 rings (SSSR count). The highest BCUT2D eigenvalue weighted by Crippen LogP contribution is 2.23. The molecule has 0 aliphatic heterocycles. The molecule has 4 heterocycles. The van der Waals surface area contributed by atoms with Gasteiger partial charge in [-0.3, -0.25) is 0 Å². The van der Waals surface area contributed by atoms with E-state index in [-0.39, 0.29) is 0 Å². The summed E-state index contributed by atoms with van der Waals surface area (Å²) < 4.78 is 6.90. The van der Waals surface area contributed by atoms with Crippen molar-refractivity contribution in [2.75, 3.05) is 23.7 Å². The van der Waals surface area contributed by atoms with Crippen LogP contribution in [0.1, 0.15) is 11.5 Å². The zero-order valence-electron chi connectivity index (χ0n) is 14.3. The van der Waals surface area contributed by atoms with Gasteiger partial charge in [-0.05, 0) is 26.0 Å². The Kier molecular flexibility index (Phi) is 4.14. The van der Waals surface area contributed by atoms with Crippen molar-refractivity contribution in [3.05, 3.63) is 42.2 Å². The van der Waals surface area contributed by atoms with E-state index in [0.717, 1.165) is 17.1 Å². The summed E-state index contributed by atoms with van der Waals surface area (Å²) in [5.41, 5.74) is 1.64. The molecule has 0 saturated carbocycles. The fourth-order valence-corrected chi connectivity index (χ4v) is 2.55. The van der Waals surface area contributed by atoms with Gasteiger partial charge in [-0.2, -0.15) is 19.6 Å². The van der Waals surface area contributed by atoms with E-state index in [1.165, 1.54) is 6.33 Å². The molecule has 0 unspecified atom stereocenters. The van der Waals surface area contributed by atoms with Crippen LogP contribution in [0.5, 0.6) is 0 Å². The number of pyridine rings is 1. The summed E-state index contributed by atoms with van der Waals surface area (Å²) in [6.07, 6.45) is 3.20. The Morgan fingerprint density at radius 3 is 2.85 bits per heavy atom. The number of hydrogen-bond acceptors (Lipinski definition) is 9. The van der Waals surface area contributed by atoms with E-state index in [0.29, 0.717) is 36.4 Å². The summed E-state index contributed by atoms with van der Waals surface area (Å²) in [5.74, 6) is 3.12. The zero-order valence-corrected chi connectivity index (χ0v) is 14.3. The molecule has 0 aromatic carbocycles. The van der Waals surface area contributed by atoms with Gasteiger partial charge in [0, 0.05) is 31.0 Å². The third-order valence-electron chi connectivity index (χ3n) is 3.67. The molecule has 0 aliphatic rings. The Balaban J connectivity index is 1.43. The maximum Gasteiger partial charge on any atom is 0.261 e. The predicted octanol–water partition coefficient (Wildman–Crippen LogP) is 1.71. The van der Waals surface area contributed by atoms with Crippen LogP contribution in [0.15, 0.2) is 35.2 Å². The third-order valence-corrected chi connectivity index (χ3v) is 3.67. The molecule has 0 amide bonds. The highest BCUT2D eigenvalue weighted by Gasteiger charge is 2.12. The van der Waals surface area contributed by atoms with Crippen molar-refractivity contribution in [2.45, 2.75) is 13.8 Å². The van der Waals surface area contributed by atoms with Crippen molar-refractivity contribution in [1.82, 2.24) is 34.7 Å². The largest absolute Gasteiger partial charge is 0.368 e. The lowest BCUT2D eigenvalue weighted by atomic mass is 10.2. The standard InChI is InChI=1S/C16H17N9O/c1-10-8-13(25-16(22-10)20-9-21-25)17-6-7-19-14-12(4-3-5-18-14)15-23-11(2)24-26-15/h3-5,8-9,17H,6-7H2,1-2H3,(H,18,19). The van der Waals surface area contributed by atoms with Gasteiger partial charge < -0.3 is 15.2 Å². The van der Waals surface area contributed by atoms with Gasteiger partial charge in [-0.25, -0.2) is 9.97 Å². The van der Waals surface area contributed by atoms with E-state index in [4.69, 9.17) is 4.52 Å². The van der Waals surface area contributed by atoms with Crippen LogP contribution in [-0.4, -0.2) is 47.8 Å². The minimum atomic E-state index is 0.445. The maximum atomic E-state index is 5.24. The van der Waals surface area contributed by atoms with Gasteiger partial charge in [0.15, 0.2) is 5.82 Å². The van der Waals surface area contributed by atoms with Gasteiger partial charge in [-0.15, -0.1) is 0 Å². The lowest BCUT2D eigenvalue weighted by molar-refractivity contribution is 0.425. The second-order valence-electron chi connectivity index (χ2n) is 5.65. The third kappa shape index (κ3) is 3.16. The van der Waals surface area contributed by atoms with Crippen molar-refractivity contribution in [3.8, 4) is 11.5 Å². The van der Waals surface area contributed by atoms with Crippen LogP contribution in [0.25, 0.3) is 17.2 Å². The molecular formula is C16H17N9O. The van der Waals surface area contributed by atoms with E-state index >= 15 is 0 Å². The van der Waals surface area contributed by atoms with Gasteiger partial charge in [-0.1, -0.05) is 5.16 Å². The highest BCUT2D eigenvalue weighted by atomic mass is 16.5. The lowest BCUT2D eigenvalue weighted by Crippen LogP contribution is -2.17. The summed E-state index contributed by atoms with van der Waals surface area (Å²) in [4.78, 5) is 17.1. The molecule has 10 nitrogen and oxygen atoms in total. The minimum absolute atomic E-state index is 0.445. The molecule has 4 aromatic rings. The summed E-state index contributed by atoms with van der Waals surface area (Å²) >= 11 is 0. The number of rotatable bonds is 6. The molecule has 10 heteroatoms. The number of aromatic nitrogens is 7. The van der Waals surface area contributed by atoms with Gasteiger partial charge in [0.25, 0.3) is 11.7 Å². The number of fused-ring (bicyclic) bond motifs is 1. The first-order valence-electron chi connectivity index (χ1n) is 8.11. The fraction of sp³-hybridized carbons (Fsp3) is 0.250. The first kappa shape index (κ1) is 15.9. The smallest absolute Gasteiger partial charge is 0.261 e. The van der Waals surface area contributed by atoms with Crippen molar-refractivity contribution in [3.63, 3.8) is 0 Å². The molecule has 0 atom stereocenters. The number of nitrogens with one attached hydrogen (secondary N) is 2. The number of aryl methyl sites for hydroxylation is 2. The summed E-state index contributed by atoms with van der Waals surface area (Å²) in [6.45, 7) is 4.98. The van der Waals surface area contributed by atoms with Crippen LogP contribution >= 0.6 is 0 Å². The van der Waals surface area contributed by atoms with Crippen LogP contribution in [-0.2, 0) is 0 Å². The first-order valence-corrected chi connectivity index (χ1v) is 8.11. The molecule has 0 aliphatic carbocycles. The lowest BCUT2D eigenvalue weighted by Gasteiger charge is -2.11. The molecule has 0 spiro atoms. The molecule has 26 heavy (non-hydrogen) atoms. The van der Waals surface area contributed by atoms with Gasteiger partial charge in [0.1, 0.15) is 18.0 Å². The summed E-state index contributed by atoms with van der Waals surface area (Å²) in [5, 5.41) is 14.6. The molecule has 0 fully saturated rings. The zero-order chi connectivity index (χ0) is 17.9. The topological polar surface area (TPSA) is 119 Å². The van der Waals surface area contributed by atoms with Crippen molar-refractivity contribution in [2.24, 2.45) is 0 Å². The van der Waals surface area contributed by atoms with Crippen LogP contribution in [0.4, 0.5) is 11.6 Å². The predicted molar refractivity (Wildman–Crippen MR) is 94.8 cm³/mol. The summed E-state index contributed by atoms with van der Waals surface area (Å²) in [6, 6.07) is 5.65. The van der Waals surface area contributed by atoms with Crippen LogP contribution in [0, 0.1) is 13.8 Å². The Morgan fingerprint density at radius 2 is 2.00 bits per heavy atom.